The molecule has 0 fully saturated rings. The number of hydrogen-bond acceptors (Lipinski definition) is 2. The predicted molar refractivity (Wildman–Crippen MR) is 46.6 cm³/mol. The summed E-state index contributed by atoms with van der Waals surface area (Å²) in [6.07, 6.45) is 1.02. The Kier molecular flexibility index (Phi) is 1.52. The molecule has 5 heteroatoms. The van der Waals surface area contributed by atoms with Crippen molar-refractivity contribution in [3.63, 3.8) is 0 Å². The fraction of sp³-hybridized carbons (Fsp3) is 0. The van der Waals surface area contributed by atoms with Gasteiger partial charge in [-0.25, -0.2) is 4.98 Å². The summed E-state index contributed by atoms with van der Waals surface area (Å²) >= 11 is 2.09. The van der Waals surface area contributed by atoms with Gasteiger partial charge in [0.25, 0.3) is 6.08 Å². The van der Waals surface area contributed by atoms with Gasteiger partial charge in [-0.05, 0) is 28.7 Å². The first-order chi connectivity index (χ1) is 5.27. The van der Waals surface area contributed by atoms with E-state index in [9.17, 15) is 4.39 Å². The summed E-state index contributed by atoms with van der Waals surface area (Å²) in [4.78, 5) is 9.89. The van der Waals surface area contributed by atoms with Gasteiger partial charge in [-0.2, -0.15) is 9.37 Å². The molecular weight excluding hydrogens is 260 g/mol. The topological polar surface area (TPSA) is 41.6 Å². The van der Waals surface area contributed by atoms with Crippen molar-refractivity contribution in [2.75, 3.05) is 0 Å². The van der Waals surface area contributed by atoms with Gasteiger partial charge >= 0.3 is 0 Å². The van der Waals surface area contributed by atoms with E-state index in [1.807, 2.05) is 0 Å². The number of rotatable bonds is 0. The second-order valence-electron chi connectivity index (χ2n) is 2.02. The number of halogens is 2. The lowest BCUT2D eigenvalue weighted by Crippen LogP contribution is -1.78. The van der Waals surface area contributed by atoms with Crippen molar-refractivity contribution in [1.82, 2.24) is 15.0 Å². The molecule has 0 unspecified atom stereocenters. The van der Waals surface area contributed by atoms with E-state index in [-0.39, 0.29) is 0 Å². The van der Waals surface area contributed by atoms with Crippen LogP contribution in [-0.4, -0.2) is 15.0 Å². The van der Waals surface area contributed by atoms with E-state index in [1.165, 1.54) is 0 Å². The fourth-order valence-electron chi connectivity index (χ4n) is 0.852. The van der Waals surface area contributed by atoms with E-state index in [0.29, 0.717) is 11.2 Å². The first-order valence-corrected chi connectivity index (χ1v) is 4.01. The average Bonchev–Trinajstić information content (AvgIpc) is 2.31. The molecule has 3 nitrogen and oxygen atoms in total. The SMILES string of the molecule is Fc1nc2nccc(I)c2[nH]1. The molecule has 11 heavy (non-hydrogen) atoms. The molecule has 2 aromatic heterocycles. The zero-order valence-corrected chi connectivity index (χ0v) is 7.46. The third-order valence-electron chi connectivity index (χ3n) is 1.31. The molecule has 0 saturated carbocycles. The number of H-pyrrole nitrogens is 1. The summed E-state index contributed by atoms with van der Waals surface area (Å²) in [6, 6.07) is 1.79. The van der Waals surface area contributed by atoms with E-state index in [2.05, 4.69) is 37.5 Å². The van der Waals surface area contributed by atoms with E-state index in [0.717, 1.165) is 3.57 Å². The highest BCUT2D eigenvalue weighted by Gasteiger charge is 2.04. The molecule has 2 aromatic rings. The molecule has 1 N–H and O–H groups in total. The molecule has 0 aromatic carbocycles. The predicted octanol–water partition coefficient (Wildman–Crippen LogP) is 1.70. The molecule has 56 valence electrons. The zero-order valence-electron chi connectivity index (χ0n) is 5.31. The van der Waals surface area contributed by atoms with Crippen LogP contribution < -0.4 is 0 Å². The lowest BCUT2D eigenvalue weighted by Gasteiger charge is -1.88. The molecule has 0 bridgehead atoms. The lowest BCUT2D eigenvalue weighted by atomic mass is 10.4. The van der Waals surface area contributed by atoms with E-state index in [1.54, 1.807) is 12.3 Å². The summed E-state index contributed by atoms with van der Waals surface area (Å²) in [5.74, 6) is 0. The minimum atomic E-state index is -0.586. The van der Waals surface area contributed by atoms with Crippen LogP contribution in [0.15, 0.2) is 12.3 Å². The number of aromatic nitrogens is 3. The summed E-state index contributed by atoms with van der Waals surface area (Å²) in [7, 11) is 0. The highest BCUT2D eigenvalue weighted by atomic mass is 127. The number of fused-ring (bicyclic) bond motifs is 1. The fourth-order valence-corrected chi connectivity index (χ4v) is 1.39. The molecule has 0 amide bonds. The molecule has 0 spiro atoms. The van der Waals surface area contributed by atoms with Crippen molar-refractivity contribution in [2.45, 2.75) is 0 Å². The van der Waals surface area contributed by atoms with E-state index < -0.39 is 6.08 Å². The van der Waals surface area contributed by atoms with Gasteiger partial charge in [-0.1, -0.05) is 0 Å². The third kappa shape index (κ3) is 1.09. The van der Waals surface area contributed by atoms with Crippen LogP contribution in [0.1, 0.15) is 0 Å². The average molecular weight is 263 g/mol. The minimum Gasteiger partial charge on any atom is -0.312 e. The molecule has 0 aliphatic carbocycles. The first kappa shape index (κ1) is 6.96. The first-order valence-electron chi connectivity index (χ1n) is 2.93. The Hall–Kier alpha value is -0.720. The normalized spacial score (nSPS) is 10.7. The monoisotopic (exact) mass is 263 g/mol. The van der Waals surface area contributed by atoms with Gasteiger partial charge < -0.3 is 4.98 Å². The number of hydrogen-bond donors (Lipinski definition) is 1. The van der Waals surface area contributed by atoms with Gasteiger partial charge in [-0.3, -0.25) is 0 Å². The second-order valence-corrected chi connectivity index (χ2v) is 3.18. The highest BCUT2D eigenvalue weighted by molar-refractivity contribution is 14.1. The Morgan fingerprint density at radius 2 is 2.36 bits per heavy atom. The number of pyridine rings is 1. The van der Waals surface area contributed by atoms with Crippen molar-refractivity contribution in [2.24, 2.45) is 0 Å². The second kappa shape index (κ2) is 2.40. The molecule has 0 aliphatic rings. The largest absolute Gasteiger partial charge is 0.312 e. The summed E-state index contributed by atoms with van der Waals surface area (Å²) < 4.78 is 13.4. The zero-order chi connectivity index (χ0) is 7.84. The van der Waals surface area contributed by atoms with Crippen molar-refractivity contribution >= 4 is 33.8 Å². The van der Waals surface area contributed by atoms with Gasteiger partial charge in [-0.15, -0.1) is 0 Å². The quantitative estimate of drug-likeness (QED) is 0.735. The molecule has 0 aliphatic heterocycles. The third-order valence-corrected chi connectivity index (χ3v) is 2.21. The molecular formula is C6H3FIN3. The van der Waals surface area contributed by atoms with Crippen LogP contribution in [0.5, 0.6) is 0 Å². The Morgan fingerprint density at radius 3 is 3.09 bits per heavy atom. The number of nitrogens with zero attached hydrogens (tertiary/aromatic N) is 2. The van der Waals surface area contributed by atoms with E-state index >= 15 is 0 Å². The van der Waals surface area contributed by atoms with Crippen LogP contribution in [-0.2, 0) is 0 Å². The maximum atomic E-state index is 12.5. The van der Waals surface area contributed by atoms with Crippen LogP contribution in [0, 0.1) is 9.65 Å². The molecule has 0 saturated heterocycles. The van der Waals surface area contributed by atoms with Gasteiger partial charge in [0.1, 0.15) is 5.52 Å². The Labute approximate surface area is 75.2 Å². The van der Waals surface area contributed by atoms with Crippen molar-refractivity contribution in [3.05, 3.63) is 21.9 Å². The number of nitrogens with one attached hydrogen (secondary N) is 1. The van der Waals surface area contributed by atoms with Crippen molar-refractivity contribution < 1.29 is 4.39 Å². The summed E-state index contributed by atoms with van der Waals surface area (Å²) in [6.45, 7) is 0. The molecule has 0 atom stereocenters. The van der Waals surface area contributed by atoms with E-state index in [4.69, 9.17) is 0 Å². The standard InChI is InChI=1S/C6H3FIN3/c7-6-10-4-3(8)1-2-9-5(4)11-6/h1-2H,(H,9,10,11). The summed E-state index contributed by atoms with van der Waals surface area (Å²) in [5, 5.41) is 0. The number of imidazole rings is 1. The van der Waals surface area contributed by atoms with Gasteiger partial charge in [0.2, 0.25) is 0 Å². The van der Waals surface area contributed by atoms with Crippen LogP contribution >= 0.6 is 22.6 Å². The van der Waals surface area contributed by atoms with Crippen LogP contribution in [0.3, 0.4) is 0 Å². The smallest absolute Gasteiger partial charge is 0.289 e. The van der Waals surface area contributed by atoms with Crippen molar-refractivity contribution in [3.8, 4) is 0 Å². The maximum Gasteiger partial charge on any atom is 0.289 e. The minimum absolute atomic E-state index is 0.425. The van der Waals surface area contributed by atoms with Gasteiger partial charge in [0, 0.05) is 9.77 Å². The summed E-state index contributed by atoms with van der Waals surface area (Å²) in [5.41, 5.74) is 1.08. The van der Waals surface area contributed by atoms with Gasteiger partial charge in [0.05, 0.1) is 0 Å². The van der Waals surface area contributed by atoms with Crippen LogP contribution in [0.25, 0.3) is 11.2 Å². The Morgan fingerprint density at radius 1 is 1.55 bits per heavy atom. The molecule has 2 rings (SSSR count). The Bertz CT molecular complexity index is 398. The maximum absolute atomic E-state index is 12.5. The highest BCUT2D eigenvalue weighted by Crippen LogP contribution is 2.14. The van der Waals surface area contributed by atoms with Crippen molar-refractivity contribution in [1.29, 1.82) is 0 Å². The number of aromatic amines is 1. The molecule has 0 radical (unpaired) electrons. The van der Waals surface area contributed by atoms with Crippen LogP contribution in [0.4, 0.5) is 4.39 Å². The van der Waals surface area contributed by atoms with Gasteiger partial charge in [0.15, 0.2) is 5.65 Å². The Balaban J connectivity index is 2.90. The molecule has 2 heterocycles. The van der Waals surface area contributed by atoms with Crippen LogP contribution in [0.2, 0.25) is 0 Å². The lowest BCUT2D eigenvalue weighted by molar-refractivity contribution is 0.556.